The Labute approximate surface area is 100 Å². The quantitative estimate of drug-likeness (QED) is 0.872. The molecule has 0 heterocycles. The van der Waals surface area contributed by atoms with Crippen molar-refractivity contribution >= 4 is 17.5 Å². The average molecular weight is 237 g/mol. The van der Waals surface area contributed by atoms with Gasteiger partial charge in [0.25, 0.3) is 0 Å². The van der Waals surface area contributed by atoms with Crippen molar-refractivity contribution in [3.63, 3.8) is 0 Å². The number of benzene rings is 1. The van der Waals surface area contributed by atoms with Gasteiger partial charge in [0.2, 0.25) is 5.91 Å². The summed E-state index contributed by atoms with van der Waals surface area (Å²) >= 11 is 6.00. The van der Waals surface area contributed by atoms with Crippen LogP contribution in [0.1, 0.15) is 18.9 Å². The molecule has 3 nitrogen and oxygen atoms in total. The maximum absolute atomic E-state index is 11.2. The molecule has 0 spiro atoms. The van der Waals surface area contributed by atoms with Gasteiger partial charge in [-0.25, -0.2) is 0 Å². The van der Waals surface area contributed by atoms with Gasteiger partial charge < -0.3 is 5.32 Å². The second-order valence-corrected chi connectivity index (χ2v) is 4.01. The lowest BCUT2D eigenvalue weighted by molar-refractivity contribution is -0.120. The van der Waals surface area contributed by atoms with Crippen molar-refractivity contribution in [2.24, 2.45) is 0 Å². The molecule has 0 saturated heterocycles. The standard InChI is InChI=1S/C12H13ClN2O/c1-9(15-12(16)6-7-14)8-10-4-2-3-5-11(10)13/h2-5,9H,6,8H2,1H3,(H,15,16)/t9-/m1/s1. The normalized spacial score (nSPS) is 11.6. The monoisotopic (exact) mass is 236 g/mol. The van der Waals surface area contributed by atoms with Crippen LogP contribution in [-0.2, 0) is 11.2 Å². The number of nitriles is 1. The fraction of sp³-hybridized carbons (Fsp3) is 0.333. The molecular weight excluding hydrogens is 224 g/mol. The van der Waals surface area contributed by atoms with Crippen LogP contribution in [0.2, 0.25) is 5.02 Å². The van der Waals surface area contributed by atoms with E-state index in [2.05, 4.69) is 5.32 Å². The summed E-state index contributed by atoms with van der Waals surface area (Å²) in [7, 11) is 0. The number of carbonyl (C=O) groups excluding carboxylic acids is 1. The fourth-order valence-corrected chi connectivity index (χ4v) is 1.66. The van der Waals surface area contributed by atoms with Crippen LogP contribution >= 0.6 is 11.6 Å². The Morgan fingerprint density at radius 3 is 2.88 bits per heavy atom. The van der Waals surface area contributed by atoms with E-state index in [4.69, 9.17) is 16.9 Å². The number of nitrogens with one attached hydrogen (secondary N) is 1. The number of hydrogen-bond donors (Lipinski definition) is 1. The van der Waals surface area contributed by atoms with Crippen molar-refractivity contribution in [1.29, 1.82) is 5.26 Å². The van der Waals surface area contributed by atoms with Gasteiger partial charge in [-0.1, -0.05) is 29.8 Å². The molecule has 16 heavy (non-hydrogen) atoms. The molecule has 0 aliphatic rings. The molecule has 0 bridgehead atoms. The Bertz CT molecular complexity index is 412. The predicted molar refractivity (Wildman–Crippen MR) is 63.0 cm³/mol. The van der Waals surface area contributed by atoms with Gasteiger partial charge in [-0.2, -0.15) is 5.26 Å². The van der Waals surface area contributed by atoms with E-state index in [-0.39, 0.29) is 18.4 Å². The van der Waals surface area contributed by atoms with Gasteiger partial charge in [0.15, 0.2) is 0 Å². The maximum Gasteiger partial charge on any atom is 0.234 e. The van der Waals surface area contributed by atoms with Gasteiger partial charge in [0, 0.05) is 11.1 Å². The Morgan fingerprint density at radius 1 is 1.56 bits per heavy atom. The molecule has 1 N–H and O–H groups in total. The third-order valence-corrected chi connectivity index (χ3v) is 2.50. The van der Waals surface area contributed by atoms with E-state index in [1.807, 2.05) is 37.3 Å². The first-order chi connectivity index (χ1) is 7.63. The van der Waals surface area contributed by atoms with Gasteiger partial charge in [-0.05, 0) is 25.0 Å². The Morgan fingerprint density at radius 2 is 2.25 bits per heavy atom. The number of carbonyl (C=O) groups is 1. The van der Waals surface area contributed by atoms with Crippen LogP contribution in [0.15, 0.2) is 24.3 Å². The van der Waals surface area contributed by atoms with Crippen molar-refractivity contribution in [2.75, 3.05) is 0 Å². The molecule has 84 valence electrons. The smallest absolute Gasteiger partial charge is 0.234 e. The molecular formula is C12H13ClN2O. The molecule has 4 heteroatoms. The average Bonchev–Trinajstić information content (AvgIpc) is 2.21. The molecule has 1 rings (SSSR count). The predicted octanol–water partition coefficient (Wildman–Crippen LogP) is 2.30. The van der Waals surface area contributed by atoms with Gasteiger partial charge in [-0.3, -0.25) is 4.79 Å². The van der Waals surface area contributed by atoms with Crippen molar-refractivity contribution in [1.82, 2.24) is 5.32 Å². The third-order valence-electron chi connectivity index (χ3n) is 2.13. The van der Waals surface area contributed by atoms with Gasteiger partial charge in [0.1, 0.15) is 6.42 Å². The lowest BCUT2D eigenvalue weighted by atomic mass is 10.1. The van der Waals surface area contributed by atoms with Crippen molar-refractivity contribution < 1.29 is 4.79 Å². The van der Waals surface area contributed by atoms with E-state index < -0.39 is 0 Å². The first-order valence-electron chi connectivity index (χ1n) is 5.03. The summed E-state index contributed by atoms with van der Waals surface area (Å²) in [6.45, 7) is 1.89. The van der Waals surface area contributed by atoms with Crippen LogP contribution in [0.5, 0.6) is 0 Å². The van der Waals surface area contributed by atoms with E-state index in [0.717, 1.165) is 5.56 Å². The highest BCUT2D eigenvalue weighted by Gasteiger charge is 2.09. The Balaban J connectivity index is 2.52. The summed E-state index contributed by atoms with van der Waals surface area (Å²) < 4.78 is 0. The van der Waals surface area contributed by atoms with Crippen LogP contribution in [0, 0.1) is 11.3 Å². The minimum absolute atomic E-state index is 0.0271. The first kappa shape index (κ1) is 12.5. The van der Waals surface area contributed by atoms with Crippen molar-refractivity contribution in [3.8, 4) is 6.07 Å². The largest absolute Gasteiger partial charge is 0.352 e. The molecule has 0 aromatic heterocycles. The Kier molecular flexibility index (Phi) is 4.81. The molecule has 1 atom stereocenters. The number of nitrogens with zero attached hydrogens (tertiary/aromatic N) is 1. The second-order valence-electron chi connectivity index (χ2n) is 3.60. The number of hydrogen-bond acceptors (Lipinski definition) is 2. The molecule has 1 aromatic rings. The van der Waals surface area contributed by atoms with Crippen molar-refractivity contribution in [3.05, 3.63) is 34.9 Å². The van der Waals surface area contributed by atoms with Crippen LogP contribution < -0.4 is 5.32 Å². The summed E-state index contributed by atoms with van der Waals surface area (Å²) in [6, 6.07) is 9.30. The highest BCUT2D eigenvalue weighted by molar-refractivity contribution is 6.31. The number of amides is 1. The molecule has 0 fully saturated rings. The van der Waals surface area contributed by atoms with Gasteiger partial charge in [-0.15, -0.1) is 0 Å². The summed E-state index contributed by atoms with van der Waals surface area (Å²) in [5.41, 5.74) is 0.994. The van der Waals surface area contributed by atoms with E-state index in [1.54, 1.807) is 0 Å². The molecule has 1 aromatic carbocycles. The zero-order chi connectivity index (χ0) is 12.0. The van der Waals surface area contributed by atoms with Crippen LogP contribution in [0.25, 0.3) is 0 Å². The summed E-state index contributed by atoms with van der Waals surface area (Å²) in [5, 5.41) is 11.8. The third kappa shape index (κ3) is 3.92. The van der Waals surface area contributed by atoms with Crippen LogP contribution in [-0.4, -0.2) is 11.9 Å². The maximum atomic E-state index is 11.2. The summed E-state index contributed by atoms with van der Waals surface area (Å²) in [5.74, 6) is -0.248. The van der Waals surface area contributed by atoms with Crippen molar-refractivity contribution in [2.45, 2.75) is 25.8 Å². The van der Waals surface area contributed by atoms with Gasteiger partial charge >= 0.3 is 0 Å². The van der Waals surface area contributed by atoms with Crippen LogP contribution in [0.3, 0.4) is 0 Å². The van der Waals surface area contributed by atoms with Gasteiger partial charge in [0.05, 0.1) is 6.07 Å². The SMILES string of the molecule is C[C@H](Cc1ccccc1Cl)NC(=O)CC#N. The molecule has 0 radical (unpaired) electrons. The molecule has 0 unspecified atom stereocenters. The zero-order valence-electron chi connectivity index (χ0n) is 9.03. The molecule has 0 aliphatic heterocycles. The summed E-state index contributed by atoms with van der Waals surface area (Å²) in [4.78, 5) is 11.2. The zero-order valence-corrected chi connectivity index (χ0v) is 9.79. The highest BCUT2D eigenvalue weighted by atomic mass is 35.5. The molecule has 1 amide bonds. The minimum Gasteiger partial charge on any atom is -0.352 e. The highest BCUT2D eigenvalue weighted by Crippen LogP contribution is 2.16. The van der Waals surface area contributed by atoms with E-state index in [0.29, 0.717) is 11.4 Å². The number of halogens is 1. The van der Waals surface area contributed by atoms with E-state index in [9.17, 15) is 4.79 Å². The first-order valence-corrected chi connectivity index (χ1v) is 5.41. The molecule has 0 aliphatic carbocycles. The molecule has 0 saturated carbocycles. The Hall–Kier alpha value is -1.53. The fourth-order valence-electron chi connectivity index (χ4n) is 1.44. The van der Waals surface area contributed by atoms with Crippen LogP contribution in [0.4, 0.5) is 0 Å². The minimum atomic E-state index is -0.248. The van der Waals surface area contributed by atoms with E-state index >= 15 is 0 Å². The summed E-state index contributed by atoms with van der Waals surface area (Å²) in [6.07, 6.45) is 0.559. The number of rotatable bonds is 4. The second kappa shape index (κ2) is 6.14. The lowest BCUT2D eigenvalue weighted by Crippen LogP contribution is -2.33. The topological polar surface area (TPSA) is 52.9 Å². The lowest BCUT2D eigenvalue weighted by Gasteiger charge is -2.13. The van der Waals surface area contributed by atoms with E-state index in [1.165, 1.54) is 0 Å².